The average Bonchev–Trinajstić information content (AvgIpc) is 2.45. The smallest absolute Gasteiger partial charge is 0.334 e. The molecule has 0 spiro atoms. The number of nitrogens with zero attached hydrogens (tertiary/aromatic N) is 1. The van der Waals surface area contributed by atoms with Crippen LogP contribution in [0.15, 0.2) is 47.3 Å². The number of hydrogen-bond donors (Lipinski definition) is 2. The molecule has 0 fully saturated rings. The number of non-ortho nitro benzene ring substituents is 1. The zero-order valence-electron chi connectivity index (χ0n) is 11.8. The number of carbonyl (C=O) groups is 1. The number of hydrogen-bond acceptors (Lipinski definition) is 4. The number of carboxylic acid groups (broad SMARTS) is 1. The maximum atomic E-state index is 11.5. The second-order valence-electron chi connectivity index (χ2n) is 4.84. The fourth-order valence-corrected chi connectivity index (χ4v) is 2.46. The van der Waals surface area contributed by atoms with E-state index in [4.69, 9.17) is 0 Å². The molecule has 0 aliphatic carbocycles. The van der Waals surface area contributed by atoms with Gasteiger partial charge in [-0.1, -0.05) is 25.1 Å². The molecule has 1 heterocycles. The molecule has 1 unspecified atom stereocenters. The fourth-order valence-electron chi connectivity index (χ4n) is 2.46. The molecule has 1 atom stereocenters. The van der Waals surface area contributed by atoms with Crippen molar-refractivity contribution in [1.82, 2.24) is 5.32 Å². The molecule has 21 heavy (non-hydrogen) atoms. The minimum Gasteiger partial charge on any atom is -0.478 e. The van der Waals surface area contributed by atoms with Gasteiger partial charge in [0.25, 0.3) is 5.69 Å². The number of allylic oxidation sites excluding steroid dienone is 3. The minimum atomic E-state index is -1.03. The fraction of sp³-hybridized carbons (Fsp3) is 0.267. The van der Waals surface area contributed by atoms with Crippen LogP contribution in [0.4, 0.5) is 5.69 Å². The molecular formula is C15H16N2O4. The van der Waals surface area contributed by atoms with Crippen LogP contribution in [-0.2, 0) is 4.79 Å². The van der Waals surface area contributed by atoms with Gasteiger partial charge in [-0.3, -0.25) is 10.1 Å². The summed E-state index contributed by atoms with van der Waals surface area (Å²) in [6.45, 7) is 3.67. The molecule has 0 aromatic heterocycles. The molecule has 0 saturated carbocycles. The highest BCUT2D eigenvalue weighted by molar-refractivity contribution is 5.90. The molecule has 6 nitrogen and oxygen atoms in total. The monoisotopic (exact) mass is 288 g/mol. The van der Waals surface area contributed by atoms with Crippen molar-refractivity contribution in [3.63, 3.8) is 0 Å². The Morgan fingerprint density at radius 1 is 1.48 bits per heavy atom. The molecule has 2 N–H and O–H groups in total. The van der Waals surface area contributed by atoms with Crippen molar-refractivity contribution in [2.75, 3.05) is 0 Å². The minimum absolute atomic E-state index is 0.0418. The Hall–Kier alpha value is -2.63. The second-order valence-corrected chi connectivity index (χ2v) is 4.84. The van der Waals surface area contributed by atoms with Gasteiger partial charge in [0.15, 0.2) is 0 Å². The lowest BCUT2D eigenvalue weighted by atomic mass is 9.86. The Morgan fingerprint density at radius 3 is 2.76 bits per heavy atom. The van der Waals surface area contributed by atoms with Gasteiger partial charge in [-0.15, -0.1) is 0 Å². The van der Waals surface area contributed by atoms with Crippen molar-refractivity contribution in [2.45, 2.75) is 26.2 Å². The quantitative estimate of drug-likeness (QED) is 0.656. The molecular weight excluding hydrogens is 272 g/mol. The molecule has 1 aliphatic rings. The van der Waals surface area contributed by atoms with Gasteiger partial charge in [-0.25, -0.2) is 4.79 Å². The van der Waals surface area contributed by atoms with Crippen molar-refractivity contribution in [3.8, 4) is 0 Å². The molecule has 6 heteroatoms. The summed E-state index contributed by atoms with van der Waals surface area (Å²) in [6, 6.07) is 6.11. The summed E-state index contributed by atoms with van der Waals surface area (Å²) in [5, 5.41) is 23.4. The number of nitro groups is 1. The Balaban J connectivity index is 2.54. The second kappa shape index (κ2) is 5.78. The van der Waals surface area contributed by atoms with E-state index in [1.54, 1.807) is 19.1 Å². The van der Waals surface area contributed by atoms with Crippen LogP contribution in [0.1, 0.15) is 31.7 Å². The highest BCUT2D eigenvalue weighted by Gasteiger charge is 2.28. The van der Waals surface area contributed by atoms with Crippen LogP contribution in [0.25, 0.3) is 0 Å². The highest BCUT2D eigenvalue weighted by atomic mass is 16.6. The molecule has 0 bridgehead atoms. The summed E-state index contributed by atoms with van der Waals surface area (Å²) in [5.74, 6) is -1.51. The zero-order valence-corrected chi connectivity index (χ0v) is 11.8. The van der Waals surface area contributed by atoms with Crippen molar-refractivity contribution in [2.24, 2.45) is 0 Å². The maximum Gasteiger partial charge on any atom is 0.334 e. The molecule has 0 amide bonds. The predicted molar refractivity (Wildman–Crippen MR) is 77.7 cm³/mol. The van der Waals surface area contributed by atoms with Crippen molar-refractivity contribution in [1.29, 1.82) is 0 Å². The van der Waals surface area contributed by atoms with E-state index in [0.29, 0.717) is 11.3 Å². The van der Waals surface area contributed by atoms with Gasteiger partial charge in [0.05, 0.1) is 10.5 Å². The van der Waals surface area contributed by atoms with E-state index in [1.807, 2.05) is 13.0 Å². The van der Waals surface area contributed by atoms with E-state index in [-0.39, 0.29) is 11.3 Å². The van der Waals surface area contributed by atoms with Crippen LogP contribution in [0.3, 0.4) is 0 Å². The van der Waals surface area contributed by atoms with Crippen molar-refractivity contribution < 1.29 is 14.8 Å². The van der Waals surface area contributed by atoms with Crippen molar-refractivity contribution >= 4 is 11.7 Å². The van der Waals surface area contributed by atoms with Gasteiger partial charge in [0.1, 0.15) is 0 Å². The molecule has 1 aliphatic heterocycles. The van der Waals surface area contributed by atoms with Gasteiger partial charge in [-0.05, 0) is 18.9 Å². The Labute approximate surface area is 121 Å². The van der Waals surface area contributed by atoms with Crippen LogP contribution in [-0.4, -0.2) is 16.0 Å². The van der Waals surface area contributed by atoms with Crippen LogP contribution in [0.5, 0.6) is 0 Å². The normalized spacial score (nSPS) is 18.0. The molecule has 0 radical (unpaired) electrons. The van der Waals surface area contributed by atoms with Gasteiger partial charge >= 0.3 is 5.97 Å². The van der Waals surface area contributed by atoms with Gasteiger partial charge in [0, 0.05) is 29.4 Å². The number of nitrogens with one attached hydrogen (secondary N) is 1. The van der Waals surface area contributed by atoms with Gasteiger partial charge < -0.3 is 10.4 Å². The van der Waals surface area contributed by atoms with E-state index in [0.717, 1.165) is 12.1 Å². The van der Waals surface area contributed by atoms with E-state index >= 15 is 0 Å². The van der Waals surface area contributed by atoms with Crippen molar-refractivity contribution in [3.05, 3.63) is 63.0 Å². The molecule has 1 aromatic rings. The summed E-state index contributed by atoms with van der Waals surface area (Å²) in [5.41, 5.74) is 2.26. The van der Waals surface area contributed by atoms with Crippen LogP contribution in [0, 0.1) is 10.1 Å². The highest BCUT2D eigenvalue weighted by Crippen LogP contribution is 2.34. The SMILES string of the molecule is CCC1=CC(c2cccc([N+](=O)[O-])c2)C(C(=O)O)=C(C)N1. The molecule has 110 valence electrons. The third-order valence-electron chi connectivity index (χ3n) is 3.48. The predicted octanol–water partition coefficient (Wildman–Crippen LogP) is 2.93. The van der Waals surface area contributed by atoms with E-state index in [2.05, 4.69) is 5.32 Å². The lowest BCUT2D eigenvalue weighted by molar-refractivity contribution is -0.384. The Morgan fingerprint density at radius 2 is 2.19 bits per heavy atom. The van der Waals surface area contributed by atoms with E-state index in [1.165, 1.54) is 12.1 Å². The number of dihydropyridines is 1. The lowest BCUT2D eigenvalue weighted by Crippen LogP contribution is -2.25. The number of rotatable bonds is 4. The number of carboxylic acids is 1. The first kappa shape index (κ1) is 14.8. The number of benzene rings is 1. The summed E-state index contributed by atoms with van der Waals surface area (Å²) in [4.78, 5) is 21.9. The first-order valence-corrected chi connectivity index (χ1v) is 6.60. The largest absolute Gasteiger partial charge is 0.478 e. The summed E-state index contributed by atoms with van der Waals surface area (Å²) < 4.78 is 0. The topological polar surface area (TPSA) is 92.5 Å². The molecule has 2 rings (SSSR count). The Kier molecular flexibility index (Phi) is 4.07. The zero-order chi connectivity index (χ0) is 15.6. The average molecular weight is 288 g/mol. The van der Waals surface area contributed by atoms with Crippen LogP contribution < -0.4 is 5.32 Å². The third kappa shape index (κ3) is 2.94. The van der Waals surface area contributed by atoms with Crippen LogP contribution >= 0.6 is 0 Å². The number of nitro benzene ring substituents is 1. The standard InChI is InChI=1S/C15H16N2O4/c1-3-11-8-13(14(15(18)19)9(2)16-11)10-5-4-6-12(7-10)17(20)21/h4-8,13,16H,3H2,1-2H3,(H,18,19). The van der Waals surface area contributed by atoms with Gasteiger partial charge in [-0.2, -0.15) is 0 Å². The van der Waals surface area contributed by atoms with Gasteiger partial charge in [0.2, 0.25) is 0 Å². The first-order valence-electron chi connectivity index (χ1n) is 6.60. The third-order valence-corrected chi connectivity index (χ3v) is 3.48. The number of aliphatic carboxylic acids is 1. The molecule has 0 saturated heterocycles. The molecule has 1 aromatic carbocycles. The summed E-state index contributed by atoms with van der Waals surface area (Å²) in [7, 11) is 0. The first-order chi connectivity index (χ1) is 9.93. The van der Waals surface area contributed by atoms with E-state index < -0.39 is 16.8 Å². The Bertz CT molecular complexity index is 661. The maximum absolute atomic E-state index is 11.5. The summed E-state index contributed by atoms with van der Waals surface area (Å²) >= 11 is 0. The van der Waals surface area contributed by atoms with Crippen LogP contribution in [0.2, 0.25) is 0 Å². The lowest BCUT2D eigenvalue weighted by Gasteiger charge is -2.25. The summed E-state index contributed by atoms with van der Waals surface area (Å²) in [6.07, 6.45) is 2.55. The van der Waals surface area contributed by atoms with E-state index in [9.17, 15) is 20.0 Å².